The quantitative estimate of drug-likeness (QED) is 0.843. The third kappa shape index (κ3) is 2.65. The van der Waals surface area contributed by atoms with Gasteiger partial charge in [-0.2, -0.15) is 0 Å². The Balaban J connectivity index is 2.01. The van der Waals surface area contributed by atoms with Gasteiger partial charge in [0.15, 0.2) is 0 Å². The lowest BCUT2D eigenvalue weighted by Gasteiger charge is -2.18. The van der Waals surface area contributed by atoms with Crippen LogP contribution < -0.4 is 4.90 Å². The molecular weight excluding hydrogens is 354 g/mol. The van der Waals surface area contributed by atoms with Crippen molar-refractivity contribution < 1.29 is 9.90 Å². The van der Waals surface area contributed by atoms with Gasteiger partial charge < -0.3 is 10.0 Å². The lowest BCUT2D eigenvalue weighted by atomic mass is 10.0. The summed E-state index contributed by atoms with van der Waals surface area (Å²) in [5.41, 5.74) is 2.25. The largest absolute Gasteiger partial charge is 0.506 e. The molecule has 0 atom stereocenters. The van der Waals surface area contributed by atoms with Gasteiger partial charge in [0, 0.05) is 18.5 Å². The number of carbonyl (C=O) groups excluding carboxylic acids is 1. The molecule has 0 saturated carbocycles. The Morgan fingerprint density at radius 2 is 2.05 bits per heavy atom. The fourth-order valence-electron chi connectivity index (χ4n) is 2.54. The second kappa shape index (κ2) is 5.70. The number of nitrogens with zero attached hydrogens (tertiary/aromatic N) is 1. The highest BCUT2D eigenvalue weighted by molar-refractivity contribution is 9.10. The van der Waals surface area contributed by atoms with E-state index in [4.69, 9.17) is 11.6 Å². The molecular formula is C16H13BrClNO2. The van der Waals surface area contributed by atoms with Crippen molar-refractivity contribution in [3.63, 3.8) is 0 Å². The van der Waals surface area contributed by atoms with Gasteiger partial charge in [0.2, 0.25) is 5.91 Å². The number of amides is 1. The number of anilines is 1. The number of halogens is 2. The number of aromatic hydroxyl groups is 1. The van der Waals surface area contributed by atoms with E-state index >= 15 is 0 Å². The summed E-state index contributed by atoms with van der Waals surface area (Å²) in [5, 5.41) is 10.6. The van der Waals surface area contributed by atoms with Gasteiger partial charge in [-0.1, -0.05) is 29.8 Å². The number of para-hydroxylation sites is 1. The van der Waals surface area contributed by atoms with E-state index < -0.39 is 0 Å². The summed E-state index contributed by atoms with van der Waals surface area (Å²) in [4.78, 5) is 13.5. The third-order valence-corrected chi connectivity index (χ3v) is 4.55. The minimum atomic E-state index is 0.106. The molecule has 0 bridgehead atoms. The van der Waals surface area contributed by atoms with Crippen molar-refractivity contribution in [2.24, 2.45) is 0 Å². The second-order valence-corrected chi connectivity index (χ2v) is 6.21. The summed E-state index contributed by atoms with van der Waals surface area (Å²) < 4.78 is 0.634. The van der Waals surface area contributed by atoms with Gasteiger partial charge in [-0.25, -0.2) is 0 Å². The van der Waals surface area contributed by atoms with Gasteiger partial charge in [0.05, 0.1) is 15.2 Å². The van der Waals surface area contributed by atoms with Crippen molar-refractivity contribution in [1.82, 2.24) is 0 Å². The van der Waals surface area contributed by atoms with Crippen molar-refractivity contribution in [3.05, 3.63) is 45.9 Å². The fraction of sp³-hybridized carbons (Fsp3) is 0.188. The molecule has 2 aromatic rings. The first-order chi connectivity index (χ1) is 10.1. The molecule has 1 aliphatic rings. The summed E-state index contributed by atoms with van der Waals surface area (Å²) in [6, 6.07) is 10.9. The summed E-state index contributed by atoms with van der Waals surface area (Å²) in [6.07, 6.45) is 1.44. The van der Waals surface area contributed by atoms with Crippen LogP contribution in [0.25, 0.3) is 11.1 Å². The van der Waals surface area contributed by atoms with Crippen LogP contribution in [0, 0.1) is 0 Å². The Bertz CT molecular complexity index is 717. The highest BCUT2D eigenvalue weighted by Gasteiger charge is 2.23. The van der Waals surface area contributed by atoms with Crippen LogP contribution in [0.15, 0.2) is 40.9 Å². The molecule has 1 amide bonds. The minimum absolute atomic E-state index is 0.106. The van der Waals surface area contributed by atoms with Gasteiger partial charge in [-0.05, 0) is 46.1 Å². The fourth-order valence-corrected chi connectivity index (χ4v) is 3.19. The molecule has 5 heteroatoms. The van der Waals surface area contributed by atoms with Crippen LogP contribution in [0.3, 0.4) is 0 Å². The standard InChI is InChI=1S/C16H13BrClNO2/c17-12-4-1-3-11(16(12)21)10-6-7-14(13(18)9-10)19-8-2-5-15(19)20/h1,3-4,6-7,9,21H,2,5,8H2. The number of phenolic OH excluding ortho intramolecular Hbond substituents is 1. The predicted octanol–water partition coefficient (Wildman–Crippen LogP) is 4.60. The maximum absolute atomic E-state index is 11.8. The van der Waals surface area contributed by atoms with Gasteiger partial charge >= 0.3 is 0 Å². The Morgan fingerprint density at radius 1 is 1.24 bits per heavy atom. The van der Waals surface area contributed by atoms with Crippen LogP contribution in [0.1, 0.15) is 12.8 Å². The highest BCUT2D eigenvalue weighted by Crippen LogP contribution is 2.38. The van der Waals surface area contributed by atoms with E-state index in [9.17, 15) is 9.90 Å². The number of benzene rings is 2. The lowest BCUT2D eigenvalue weighted by Crippen LogP contribution is -2.23. The van der Waals surface area contributed by atoms with E-state index in [1.165, 1.54) is 0 Å². The number of hydrogen-bond donors (Lipinski definition) is 1. The van der Waals surface area contributed by atoms with E-state index in [2.05, 4.69) is 15.9 Å². The maximum atomic E-state index is 11.8. The molecule has 1 N–H and O–H groups in total. The molecule has 0 radical (unpaired) electrons. The molecule has 1 heterocycles. The molecule has 3 rings (SSSR count). The second-order valence-electron chi connectivity index (χ2n) is 4.95. The first-order valence-corrected chi connectivity index (χ1v) is 7.83. The van der Waals surface area contributed by atoms with Crippen LogP contribution in [0.2, 0.25) is 5.02 Å². The van der Waals surface area contributed by atoms with Crippen LogP contribution in [0.5, 0.6) is 5.75 Å². The van der Waals surface area contributed by atoms with E-state index in [1.54, 1.807) is 17.0 Å². The summed E-state index contributed by atoms with van der Waals surface area (Å²) in [7, 11) is 0. The van der Waals surface area contributed by atoms with Crippen molar-refractivity contribution in [2.75, 3.05) is 11.4 Å². The smallest absolute Gasteiger partial charge is 0.227 e. The Morgan fingerprint density at radius 3 is 2.71 bits per heavy atom. The van der Waals surface area contributed by atoms with Crippen molar-refractivity contribution in [1.29, 1.82) is 0 Å². The zero-order valence-corrected chi connectivity index (χ0v) is 13.5. The zero-order chi connectivity index (χ0) is 15.0. The normalized spacial score (nSPS) is 14.8. The molecule has 21 heavy (non-hydrogen) atoms. The Hall–Kier alpha value is -1.52. The molecule has 2 aromatic carbocycles. The molecule has 1 saturated heterocycles. The molecule has 1 fully saturated rings. The summed E-state index contributed by atoms with van der Waals surface area (Å²) in [6.45, 7) is 0.708. The van der Waals surface area contributed by atoms with E-state index in [-0.39, 0.29) is 11.7 Å². The number of phenols is 1. The number of hydrogen-bond acceptors (Lipinski definition) is 2. The minimum Gasteiger partial charge on any atom is -0.506 e. The lowest BCUT2D eigenvalue weighted by molar-refractivity contribution is -0.117. The van der Waals surface area contributed by atoms with E-state index in [1.807, 2.05) is 24.3 Å². The Labute approximate surface area is 136 Å². The van der Waals surface area contributed by atoms with Gasteiger partial charge in [0.25, 0.3) is 0 Å². The number of carbonyl (C=O) groups is 1. The monoisotopic (exact) mass is 365 g/mol. The zero-order valence-electron chi connectivity index (χ0n) is 11.1. The third-order valence-electron chi connectivity index (χ3n) is 3.61. The SMILES string of the molecule is O=C1CCCN1c1ccc(-c2cccc(Br)c2O)cc1Cl. The first kappa shape index (κ1) is 14.4. The maximum Gasteiger partial charge on any atom is 0.227 e. The average molecular weight is 367 g/mol. The van der Waals surface area contributed by atoms with Crippen molar-refractivity contribution >= 4 is 39.1 Å². The molecule has 0 aromatic heterocycles. The predicted molar refractivity (Wildman–Crippen MR) is 87.8 cm³/mol. The van der Waals surface area contributed by atoms with E-state index in [0.717, 1.165) is 17.7 Å². The molecule has 108 valence electrons. The average Bonchev–Trinajstić information content (AvgIpc) is 2.88. The van der Waals surface area contributed by atoms with Crippen LogP contribution >= 0.6 is 27.5 Å². The van der Waals surface area contributed by atoms with Crippen molar-refractivity contribution in [2.45, 2.75) is 12.8 Å². The van der Waals surface area contributed by atoms with Gasteiger partial charge in [-0.15, -0.1) is 0 Å². The molecule has 1 aliphatic heterocycles. The van der Waals surface area contributed by atoms with Crippen molar-refractivity contribution in [3.8, 4) is 16.9 Å². The van der Waals surface area contributed by atoms with E-state index in [0.29, 0.717) is 28.0 Å². The summed E-state index contributed by atoms with van der Waals surface area (Å²) >= 11 is 9.63. The topological polar surface area (TPSA) is 40.5 Å². The number of rotatable bonds is 2. The van der Waals surface area contributed by atoms with Gasteiger partial charge in [0.1, 0.15) is 5.75 Å². The molecule has 0 unspecified atom stereocenters. The Kier molecular flexibility index (Phi) is 3.91. The first-order valence-electron chi connectivity index (χ1n) is 6.65. The van der Waals surface area contributed by atoms with Gasteiger partial charge in [-0.3, -0.25) is 4.79 Å². The van der Waals surface area contributed by atoms with Crippen LogP contribution in [-0.2, 0) is 4.79 Å². The molecule has 0 spiro atoms. The molecule has 0 aliphatic carbocycles. The van der Waals surface area contributed by atoms with Crippen LogP contribution in [0.4, 0.5) is 5.69 Å². The van der Waals surface area contributed by atoms with Crippen LogP contribution in [-0.4, -0.2) is 17.6 Å². The summed E-state index contributed by atoms with van der Waals surface area (Å²) in [5.74, 6) is 0.286. The molecule has 3 nitrogen and oxygen atoms in total. The highest BCUT2D eigenvalue weighted by atomic mass is 79.9.